The van der Waals surface area contributed by atoms with Crippen molar-refractivity contribution in [1.29, 1.82) is 0 Å². The number of hydrogen-bond acceptors (Lipinski definition) is 2. The number of nitrogens with one attached hydrogen (secondary N) is 1. The maximum atomic E-state index is 11.6. The molecule has 0 radical (unpaired) electrons. The van der Waals surface area contributed by atoms with Crippen LogP contribution in [0.25, 0.3) is 0 Å². The van der Waals surface area contributed by atoms with Gasteiger partial charge in [-0.1, -0.05) is 6.07 Å². The summed E-state index contributed by atoms with van der Waals surface area (Å²) in [5.74, 6) is 0. The Morgan fingerprint density at radius 3 is 2.12 bits per heavy atom. The van der Waals surface area contributed by atoms with Crippen LogP contribution in [-0.4, -0.2) is 11.7 Å². The molecule has 0 fully saturated rings. The van der Waals surface area contributed by atoms with Crippen molar-refractivity contribution in [2.75, 3.05) is 5.32 Å². The average molecular weight is 235 g/mol. The molecule has 0 heterocycles. The average Bonchev–Trinajstić information content (AvgIpc) is 2.11. The monoisotopic (exact) mass is 235 g/mol. The quantitative estimate of drug-likeness (QED) is 0.800. The van der Waals surface area contributed by atoms with Gasteiger partial charge in [-0.15, -0.1) is 0 Å². The molecule has 0 aliphatic rings. The Morgan fingerprint density at radius 1 is 1.06 bits per heavy atom. The zero-order valence-corrected chi connectivity index (χ0v) is 11.5. The fraction of sp³-hybridized carbons (Fsp3) is 0.500. The van der Waals surface area contributed by atoms with Crippen LogP contribution in [0.15, 0.2) is 12.1 Å². The van der Waals surface area contributed by atoms with Crippen LogP contribution in [0.5, 0.6) is 0 Å². The number of carbonyl (C=O) groups excluding carboxylic acids is 1. The number of anilines is 1. The van der Waals surface area contributed by atoms with Crippen LogP contribution in [0.2, 0.25) is 0 Å². The number of amides is 1. The van der Waals surface area contributed by atoms with Crippen molar-refractivity contribution in [1.82, 2.24) is 0 Å². The lowest BCUT2D eigenvalue weighted by molar-refractivity contribution is 0.0636. The zero-order valence-electron chi connectivity index (χ0n) is 11.5. The summed E-state index contributed by atoms with van der Waals surface area (Å²) in [6.07, 6.45) is -0.413. The second-order valence-corrected chi connectivity index (χ2v) is 5.38. The third-order valence-corrected chi connectivity index (χ3v) is 2.48. The molecule has 0 unspecified atom stereocenters. The molecule has 0 aliphatic heterocycles. The maximum Gasteiger partial charge on any atom is 0.412 e. The number of benzene rings is 1. The van der Waals surface area contributed by atoms with Crippen LogP contribution in [-0.2, 0) is 4.74 Å². The van der Waals surface area contributed by atoms with Gasteiger partial charge in [-0.3, -0.25) is 5.32 Å². The molecular weight excluding hydrogens is 214 g/mol. The molecule has 3 nitrogen and oxygen atoms in total. The molecule has 1 rings (SSSR count). The van der Waals surface area contributed by atoms with E-state index in [-0.39, 0.29) is 0 Å². The molecule has 0 atom stereocenters. The van der Waals surface area contributed by atoms with E-state index in [0.717, 1.165) is 16.8 Å². The predicted molar refractivity (Wildman–Crippen MR) is 70.5 cm³/mol. The summed E-state index contributed by atoms with van der Waals surface area (Å²) in [7, 11) is 0. The van der Waals surface area contributed by atoms with Crippen molar-refractivity contribution in [2.24, 2.45) is 0 Å². The van der Waals surface area contributed by atoms with E-state index in [1.807, 2.05) is 40.7 Å². The van der Waals surface area contributed by atoms with Gasteiger partial charge >= 0.3 is 6.09 Å². The maximum absolute atomic E-state index is 11.6. The van der Waals surface area contributed by atoms with E-state index in [4.69, 9.17) is 4.74 Å². The predicted octanol–water partition coefficient (Wildman–Crippen LogP) is 3.96. The Bertz CT molecular complexity index is 431. The number of rotatable bonds is 1. The van der Waals surface area contributed by atoms with Gasteiger partial charge in [-0.05, 0) is 64.3 Å². The third-order valence-electron chi connectivity index (χ3n) is 2.48. The van der Waals surface area contributed by atoms with Crippen LogP contribution >= 0.6 is 0 Å². The smallest absolute Gasteiger partial charge is 0.412 e. The van der Waals surface area contributed by atoms with Gasteiger partial charge in [0.15, 0.2) is 0 Å². The third kappa shape index (κ3) is 4.10. The minimum atomic E-state index is -0.474. The molecule has 94 valence electrons. The van der Waals surface area contributed by atoms with E-state index in [1.54, 1.807) is 0 Å². The number of aryl methyl sites for hydroxylation is 3. The minimum absolute atomic E-state index is 0.413. The van der Waals surface area contributed by atoms with E-state index < -0.39 is 11.7 Å². The lowest BCUT2D eigenvalue weighted by atomic mass is 10.1. The summed E-state index contributed by atoms with van der Waals surface area (Å²) >= 11 is 0. The Labute approximate surface area is 103 Å². The molecule has 1 N–H and O–H groups in total. The number of carbonyl (C=O) groups is 1. The molecule has 0 aromatic heterocycles. The van der Waals surface area contributed by atoms with E-state index in [0.29, 0.717) is 0 Å². The van der Waals surface area contributed by atoms with E-state index in [1.165, 1.54) is 5.56 Å². The molecule has 0 bridgehead atoms. The fourth-order valence-electron chi connectivity index (χ4n) is 1.51. The first kappa shape index (κ1) is 13.6. The molecule has 3 heteroatoms. The van der Waals surface area contributed by atoms with Crippen LogP contribution in [0.4, 0.5) is 10.5 Å². The molecule has 17 heavy (non-hydrogen) atoms. The fourth-order valence-corrected chi connectivity index (χ4v) is 1.51. The first-order valence-electron chi connectivity index (χ1n) is 5.77. The summed E-state index contributed by atoms with van der Waals surface area (Å²) in [4.78, 5) is 11.6. The minimum Gasteiger partial charge on any atom is -0.444 e. The Kier molecular flexibility index (Phi) is 3.81. The second-order valence-electron chi connectivity index (χ2n) is 5.38. The number of ether oxygens (including phenoxy) is 1. The van der Waals surface area contributed by atoms with E-state index in [9.17, 15) is 4.79 Å². The Morgan fingerprint density at radius 2 is 1.59 bits per heavy atom. The topological polar surface area (TPSA) is 38.3 Å². The molecular formula is C14H21NO2. The SMILES string of the molecule is Cc1cc(C)c(NC(=O)OC(C)(C)C)cc1C. The van der Waals surface area contributed by atoms with Gasteiger partial charge in [0, 0.05) is 5.69 Å². The Hall–Kier alpha value is -1.51. The van der Waals surface area contributed by atoms with Crippen molar-refractivity contribution >= 4 is 11.8 Å². The molecule has 1 amide bonds. The highest BCUT2D eigenvalue weighted by Crippen LogP contribution is 2.20. The van der Waals surface area contributed by atoms with Crippen LogP contribution < -0.4 is 5.32 Å². The summed E-state index contributed by atoms with van der Waals surface area (Å²) in [5.41, 5.74) is 3.75. The van der Waals surface area contributed by atoms with Gasteiger partial charge < -0.3 is 4.74 Å². The molecule has 0 saturated carbocycles. The van der Waals surface area contributed by atoms with Crippen molar-refractivity contribution in [3.05, 3.63) is 28.8 Å². The van der Waals surface area contributed by atoms with Crippen molar-refractivity contribution in [2.45, 2.75) is 47.1 Å². The summed E-state index contributed by atoms with van der Waals surface area (Å²) in [6, 6.07) is 4.02. The Balaban J connectivity index is 2.82. The van der Waals surface area contributed by atoms with E-state index >= 15 is 0 Å². The summed E-state index contributed by atoms with van der Waals surface area (Å²) in [5, 5.41) is 2.77. The van der Waals surface area contributed by atoms with Gasteiger partial charge in [0.25, 0.3) is 0 Å². The van der Waals surface area contributed by atoms with Crippen LogP contribution in [0, 0.1) is 20.8 Å². The molecule has 0 saturated heterocycles. The zero-order chi connectivity index (χ0) is 13.2. The van der Waals surface area contributed by atoms with Gasteiger partial charge in [0.1, 0.15) is 5.60 Å². The van der Waals surface area contributed by atoms with Gasteiger partial charge in [-0.2, -0.15) is 0 Å². The normalized spacial score (nSPS) is 11.2. The highest BCUT2D eigenvalue weighted by atomic mass is 16.6. The largest absolute Gasteiger partial charge is 0.444 e. The molecule has 0 aliphatic carbocycles. The number of hydrogen-bond donors (Lipinski definition) is 1. The van der Waals surface area contributed by atoms with E-state index in [2.05, 4.69) is 18.3 Å². The van der Waals surface area contributed by atoms with Gasteiger partial charge in [0.05, 0.1) is 0 Å². The van der Waals surface area contributed by atoms with Crippen LogP contribution in [0.1, 0.15) is 37.5 Å². The second kappa shape index (κ2) is 4.78. The lowest BCUT2D eigenvalue weighted by Crippen LogP contribution is -2.27. The van der Waals surface area contributed by atoms with Crippen molar-refractivity contribution < 1.29 is 9.53 Å². The first-order chi connectivity index (χ1) is 7.69. The molecule has 1 aromatic rings. The van der Waals surface area contributed by atoms with Gasteiger partial charge in [0.2, 0.25) is 0 Å². The van der Waals surface area contributed by atoms with Crippen molar-refractivity contribution in [3.8, 4) is 0 Å². The van der Waals surface area contributed by atoms with Gasteiger partial charge in [-0.25, -0.2) is 4.79 Å². The first-order valence-corrected chi connectivity index (χ1v) is 5.77. The highest BCUT2D eigenvalue weighted by Gasteiger charge is 2.16. The lowest BCUT2D eigenvalue weighted by Gasteiger charge is -2.20. The molecule has 1 aromatic carbocycles. The van der Waals surface area contributed by atoms with Crippen molar-refractivity contribution in [3.63, 3.8) is 0 Å². The highest BCUT2D eigenvalue weighted by molar-refractivity contribution is 5.86. The molecule has 0 spiro atoms. The summed E-state index contributed by atoms with van der Waals surface area (Å²) in [6.45, 7) is 11.6. The summed E-state index contributed by atoms with van der Waals surface area (Å²) < 4.78 is 5.22. The standard InChI is InChI=1S/C14H21NO2/c1-9-7-11(3)12(8-10(9)2)15-13(16)17-14(4,5)6/h7-8H,1-6H3,(H,15,16). The van der Waals surface area contributed by atoms with Crippen LogP contribution in [0.3, 0.4) is 0 Å².